The topological polar surface area (TPSA) is 51.5 Å². The summed E-state index contributed by atoms with van der Waals surface area (Å²) in [5.74, 6) is 0.796. The first kappa shape index (κ1) is 10.5. The Morgan fingerprint density at radius 3 is 2.75 bits per heavy atom. The Morgan fingerprint density at radius 1 is 1.38 bits per heavy atom. The lowest BCUT2D eigenvalue weighted by atomic mass is 10.2. The Hall–Kier alpha value is -1.97. The molecule has 0 fully saturated rings. The number of methoxy groups -OCH3 is 1. The lowest BCUT2D eigenvalue weighted by Crippen LogP contribution is -1.82. The molecule has 0 unspecified atom stereocenters. The van der Waals surface area contributed by atoms with E-state index < -0.39 is 0 Å². The van der Waals surface area contributed by atoms with Crippen molar-refractivity contribution in [2.75, 3.05) is 7.11 Å². The summed E-state index contributed by atoms with van der Waals surface area (Å²) in [6.45, 7) is 0. The van der Waals surface area contributed by atoms with Crippen molar-refractivity contribution in [3.8, 4) is 17.0 Å². The first-order valence-electron chi connectivity index (χ1n) is 4.51. The molecule has 16 heavy (non-hydrogen) atoms. The van der Waals surface area contributed by atoms with Crippen molar-refractivity contribution in [1.82, 2.24) is 4.98 Å². The third kappa shape index (κ3) is 2.16. The lowest BCUT2D eigenvalue weighted by Gasteiger charge is -1.99. The van der Waals surface area contributed by atoms with E-state index in [-0.39, 0.29) is 0 Å². The molecule has 0 aliphatic carbocycles. The fourth-order valence-corrected chi connectivity index (χ4v) is 1.90. The van der Waals surface area contributed by atoms with Crippen LogP contribution in [0.3, 0.4) is 0 Å². The van der Waals surface area contributed by atoms with E-state index in [0.717, 1.165) is 17.0 Å². The molecule has 0 saturated carbocycles. The summed E-state index contributed by atoms with van der Waals surface area (Å²) in [5.41, 5.74) is 1.76. The Kier molecular flexibility index (Phi) is 3.10. The minimum Gasteiger partial charge on any atom is -0.497 e. The van der Waals surface area contributed by atoms with Crippen molar-refractivity contribution in [2.45, 2.75) is 0 Å². The van der Waals surface area contributed by atoms with E-state index in [2.05, 4.69) is 9.98 Å². The van der Waals surface area contributed by atoms with Gasteiger partial charge in [-0.15, -0.1) is 16.3 Å². The number of rotatable bonds is 3. The van der Waals surface area contributed by atoms with E-state index >= 15 is 0 Å². The Morgan fingerprint density at radius 2 is 2.12 bits per heavy atom. The fourth-order valence-electron chi connectivity index (χ4n) is 1.25. The van der Waals surface area contributed by atoms with Crippen molar-refractivity contribution in [2.24, 2.45) is 4.99 Å². The van der Waals surface area contributed by atoms with Gasteiger partial charge in [0.15, 0.2) is 0 Å². The van der Waals surface area contributed by atoms with Crippen LogP contribution in [-0.4, -0.2) is 18.2 Å². The summed E-state index contributed by atoms with van der Waals surface area (Å²) in [6.07, 6.45) is 1.47. The van der Waals surface area contributed by atoms with Gasteiger partial charge in [-0.05, 0) is 24.3 Å². The zero-order valence-corrected chi connectivity index (χ0v) is 9.32. The predicted octanol–water partition coefficient (Wildman–Crippen LogP) is 2.79. The highest BCUT2D eigenvalue weighted by Gasteiger charge is 2.03. The number of benzene rings is 1. The standard InChI is InChI=1S/C11H8N2O2S/c1-15-9-4-2-8(3-5-9)10-6-16-11(13-10)12-7-14/h2-6H,1H3. The molecule has 0 atom stereocenters. The molecule has 5 heteroatoms. The van der Waals surface area contributed by atoms with Crippen LogP contribution in [0.2, 0.25) is 0 Å². The van der Waals surface area contributed by atoms with Crippen molar-refractivity contribution in [1.29, 1.82) is 0 Å². The number of thiazole rings is 1. The van der Waals surface area contributed by atoms with Gasteiger partial charge in [-0.3, -0.25) is 0 Å². The van der Waals surface area contributed by atoms with Crippen molar-refractivity contribution < 1.29 is 9.53 Å². The summed E-state index contributed by atoms with van der Waals surface area (Å²) in [5, 5.41) is 2.26. The number of aromatic nitrogens is 1. The highest BCUT2D eigenvalue weighted by Crippen LogP contribution is 2.27. The number of ether oxygens (including phenoxy) is 1. The fraction of sp³-hybridized carbons (Fsp3) is 0.0909. The number of hydrogen-bond donors (Lipinski definition) is 0. The van der Waals surface area contributed by atoms with Gasteiger partial charge in [0.2, 0.25) is 11.2 Å². The molecule has 80 valence electrons. The first-order chi connectivity index (χ1) is 7.83. The van der Waals surface area contributed by atoms with Crippen molar-refractivity contribution >= 4 is 22.5 Å². The lowest BCUT2D eigenvalue weighted by molar-refractivity contribution is 0.415. The molecule has 0 N–H and O–H groups in total. The minimum atomic E-state index is 0.417. The molecule has 2 aromatic rings. The Labute approximate surface area is 96.2 Å². The van der Waals surface area contributed by atoms with Crippen LogP contribution < -0.4 is 4.74 Å². The number of isocyanates is 1. The van der Waals surface area contributed by atoms with E-state index in [1.165, 1.54) is 17.4 Å². The molecule has 0 spiro atoms. The minimum absolute atomic E-state index is 0.417. The van der Waals surface area contributed by atoms with Gasteiger partial charge in [0.25, 0.3) is 0 Å². The van der Waals surface area contributed by atoms with E-state index in [4.69, 9.17) is 4.74 Å². The monoisotopic (exact) mass is 232 g/mol. The maximum atomic E-state index is 10.1. The third-order valence-corrected chi connectivity index (χ3v) is 2.75. The van der Waals surface area contributed by atoms with Crippen LogP contribution in [0.15, 0.2) is 34.6 Å². The van der Waals surface area contributed by atoms with Crippen LogP contribution in [0.4, 0.5) is 5.13 Å². The summed E-state index contributed by atoms with van der Waals surface area (Å²) in [6, 6.07) is 7.53. The molecule has 1 heterocycles. The number of nitrogens with zero attached hydrogens (tertiary/aromatic N) is 2. The largest absolute Gasteiger partial charge is 0.497 e. The SMILES string of the molecule is COc1ccc(-c2csc(N=C=O)n2)cc1. The van der Waals surface area contributed by atoms with E-state index in [1.54, 1.807) is 7.11 Å². The maximum absolute atomic E-state index is 10.1. The smallest absolute Gasteiger partial charge is 0.242 e. The molecule has 0 aliphatic rings. The molecule has 1 aromatic heterocycles. The number of aliphatic imine (C=N–C) groups is 1. The zero-order valence-electron chi connectivity index (χ0n) is 8.51. The Bertz CT molecular complexity index is 527. The van der Waals surface area contributed by atoms with Crippen LogP contribution in [0.25, 0.3) is 11.3 Å². The van der Waals surface area contributed by atoms with Gasteiger partial charge in [-0.1, -0.05) is 0 Å². The molecular weight excluding hydrogens is 224 g/mol. The average Bonchev–Trinajstić information content (AvgIpc) is 2.78. The molecule has 0 radical (unpaired) electrons. The quantitative estimate of drug-likeness (QED) is 0.604. The van der Waals surface area contributed by atoms with Crippen LogP contribution >= 0.6 is 11.3 Å². The van der Waals surface area contributed by atoms with Gasteiger partial charge in [-0.25, -0.2) is 9.78 Å². The van der Waals surface area contributed by atoms with Crippen molar-refractivity contribution in [3.63, 3.8) is 0 Å². The summed E-state index contributed by atoms with van der Waals surface area (Å²) in [4.78, 5) is 17.7. The van der Waals surface area contributed by atoms with Gasteiger partial charge in [0.1, 0.15) is 5.75 Å². The molecule has 0 bridgehead atoms. The molecule has 0 saturated heterocycles. The first-order valence-corrected chi connectivity index (χ1v) is 5.39. The van der Waals surface area contributed by atoms with Crippen LogP contribution in [-0.2, 0) is 4.79 Å². The Balaban J connectivity index is 2.31. The number of hydrogen-bond acceptors (Lipinski definition) is 5. The van der Waals surface area contributed by atoms with E-state index in [9.17, 15) is 4.79 Å². The average molecular weight is 232 g/mol. The molecular formula is C11H8N2O2S. The summed E-state index contributed by atoms with van der Waals surface area (Å²) >= 11 is 1.31. The zero-order chi connectivity index (χ0) is 11.4. The predicted molar refractivity (Wildman–Crippen MR) is 61.9 cm³/mol. The summed E-state index contributed by atoms with van der Waals surface area (Å²) in [7, 11) is 1.62. The normalized spacial score (nSPS) is 9.56. The van der Waals surface area contributed by atoms with Crippen LogP contribution in [0.5, 0.6) is 5.75 Å². The van der Waals surface area contributed by atoms with Gasteiger partial charge in [0.05, 0.1) is 12.8 Å². The maximum Gasteiger partial charge on any atom is 0.242 e. The molecule has 4 nitrogen and oxygen atoms in total. The van der Waals surface area contributed by atoms with Crippen LogP contribution in [0.1, 0.15) is 0 Å². The van der Waals surface area contributed by atoms with Crippen LogP contribution in [0, 0.1) is 0 Å². The second kappa shape index (κ2) is 4.70. The van der Waals surface area contributed by atoms with Gasteiger partial charge in [-0.2, -0.15) is 0 Å². The van der Waals surface area contributed by atoms with Gasteiger partial charge < -0.3 is 4.74 Å². The second-order valence-corrected chi connectivity index (χ2v) is 3.78. The van der Waals surface area contributed by atoms with Crippen molar-refractivity contribution in [3.05, 3.63) is 29.6 Å². The third-order valence-electron chi connectivity index (χ3n) is 2.02. The van der Waals surface area contributed by atoms with Gasteiger partial charge >= 0.3 is 0 Å². The van der Waals surface area contributed by atoms with E-state index in [0.29, 0.717) is 5.13 Å². The summed E-state index contributed by atoms with van der Waals surface area (Å²) < 4.78 is 5.06. The highest BCUT2D eigenvalue weighted by molar-refractivity contribution is 7.13. The molecule has 0 aliphatic heterocycles. The van der Waals surface area contributed by atoms with E-state index in [1.807, 2.05) is 29.6 Å². The molecule has 0 amide bonds. The molecule has 2 rings (SSSR count). The molecule has 1 aromatic carbocycles. The number of carbonyl (C=O) groups excluding carboxylic acids is 1. The van der Waals surface area contributed by atoms with Gasteiger partial charge in [0, 0.05) is 10.9 Å². The highest BCUT2D eigenvalue weighted by atomic mass is 32.1. The second-order valence-electron chi connectivity index (χ2n) is 2.95.